The van der Waals surface area contributed by atoms with E-state index in [2.05, 4.69) is 0 Å². The summed E-state index contributed by atoms with van der Waals surface area (Å²) in [5.41, 5.74) is 2.30. The van der Waals surface area contributed by atoms with Gasteiger partial charge in [0.2, 0.25) is 0 Å². The topological polar surface area (TPSA) is 52.6 Å². The zero-order valence-electron chi connectivity index (χ0n) is 11.0. The first-order chi connectivity index (χ1) is 8.41. The standard InChI is InChI=1S/C4H6O4.2C4H7.2Mo/c5-3(6)1-2-4(7)8;2*1-4(2)3;;/h1-2H2,(H,5,6)(H,7,8);2*1H,2-3H3;;/q;;;2*+1/p-2. The molecule has 6 heteroatoms. The summed E-state index contributed by atoms with van der Waals surface area (Å²) < 4.78 is 14.0. The fourth-order valence-corrected chi connectivity index (χ4v) is 2.76. The molecule has 18 heavy (non-hydrogen) atoms. The van der Waals surface area contributed by atoms with Crippen LogP contribution in [0, 0.1) is 0 Å². The monoisotopic (exact) mass is 422 g/mol. The van der Waals surface area contributed by atoms with E-state index in [-0.39, 0.29) is 24.8 Å². The summed E-state index contributed by atoms with van der Waals surface area (Å²) in [7, 11) is 0. The van der Waals surface area contributed by atoms with Crippen LogP contribution < -0.4 is 0 Å². The first kappa shape index (κ1) is 17.8. The van der Waals surface area contributed by atoms with Gasteiger partial charge in [0, 0.05) is 0 Å². The van der Waals surface area contributed by atoms with Crippen molar-refractivity contribution in [2.45, 2.75) is 40.5 Å². The third kappa shape index (κ3) is 12.3. The van der Waals surface area contributed by atoms with Crippen LogP contribution in [-0.2, 0) is 54.3 Å². The van der Waals surface area contributed by atoms with E-state index < -0.39 is 37.9 Å². The summed E-state index contributed by atoms with van der Waals surface area (Å²) in [5.74, 6) is -0.621. The van der Waals surface area contributed by atoms with E-state index in [1.165, 1.54) is 0 Å². The minimum absolute atomic E-state index is 0.113. The molecular weight excluding hydrogens is 400 g/mol. The molecule has 0 heterocycles. The van der Waals surface area contributed by atoms with Gasteiger partial charge in [0.25, 0.3) is 0 Å². The maximum absolute atomic E-state index is 11.3. The molecule has 0 aromatic carbocycles. The van der Waals surface area contributed by atoms with Gasteiger partial charge in [0.15, 0.2) is 0 Å². The molecule has 0 bridgehead atoms. The maximum atomic E-state index is 11.3. The predicted molar refractivity (Wildman–Crippen MR) is 60.3 cm³/mol. The average Bonchev–Trinajstić information content (AvgIpc) is 2.25. The molecule has 0 aromatic rings. The fourth-order valence-electron chi connectivity index (χ4n) is 0.635. The van der Waals surface area contributed by atoms with Gasteiger partial charge < -0.3 is 0 Å². The second-order valence-corrected chi connectivity index (χ2v) is 6.92. The molecule has 0 amide bonds. The van der Waals surface area contributed by atoms with Crippen molar-refractivity contribution in [3.8, 4) is 0 Å². The van der Waals surface area contributed by atoms with E-state index in [0.717, 1.165) is 11.1 Å². The van der Waals surface area contributed by atoms with Crippen LogP contribution >= 0.6 is 0 Å². The summed E-state index contributed by atoms with van der Waals surface area (Å²) in [4.78, 5) is 22.6. The van der Waals surface area contributed by atoms with Gasteiger partial charge in [-0.15, -0.1) is 0 Å². The van der Waals surface area contributed by atoms with Gasteiger partial charge >= 0.3 is 127 Å². The molecule has 0 atom stereocenters. The summed E-state index contributed by atoms with van der Waals surface area (Å²) in [6, 6.07) is 0. The Labute approximate surface area is 126 Å². The minimum atomic E-state index is -0.844. The molecular formula is C12H18Mo2O4. The van der Waals surface area contributed by atoms with Crippen LogP contribution in [0.5, 0.6) is 0 Å². The van der Waals surface area contributed by atoms with Crippen LogP contribution in [0.25, 0.3) is 0 Å². The van der Waals surface area contributed by atoms with Crippen LogP contribution in [0.1, 0.15) is 40.5 Å². The molecule has 0 saturated carbocycles. The van der Waals surface area contributed by atoms with Gasteiger partial charge in [-0.2, -0.15) is 0 Å². The third-order valence-electron chi connectivity index (χ3n) is 1.38. The van der Waals surface area contributed by atoms with E-state index in [4.69, 9.17) is 6.78 Å². The molecule has 0 aromatic heterocycles. The molecule has 0 fully saturated rings. The van der Waals surface area contributed by atoms with Crippen molar-refractivity contribution in [2.24, 2.45) is 0 Å². The number of rotatable bonds is 7. The van der Waals surface area contributed by atoms with Crippen molar-refractivity contribution < 1.29 is 54.3 Å². The summed E-state index contributed by atoms with van der Waals surface area (Å²) in [5, 5.41) is 0. The average molecular weight is 418 g/mol. The molecule has 0 aliphatic heterocycles. The summed E-state index contributed by atoms with van der Waals surface area (Å²) >= 11 is -1.69. The van der Waals surface area contributed by atoms with E-state index in [9.17, 15) is 9.59 Å². The Balaban J connectivity index is 3.69. The first-order valence-electron chi connectivity index (χ1n) is 5.41. The van der Waals surface area contributed by atoms with Gasteiger partial charge in [-0.25, -0.2) is 0 Å². The summed E-state index contributed by atoms with van der Waals surface area (Å²) in [6.45, 7) is 7.85. The molecule has 0 saturated heterocycles. The fraction of sp³-hybridized carbons (Fsp3) is 0.500. The van der Waals surface area contributed by atoms with E-state index in [1.54, 1.807) is 0 Å². The van der Waals surface area contributed by atoms with Crippen LogP contribution in [0.4, 0.5) is 0 Å². The molecule has 0 rings (SSSR count). The Hall–Kier alpha value is -0.203. The van der Waals surface area contributed by atoms with Crippen molar-refractivity contribution >= 4 is 11.9 Å². The molecule has 4 nitrogen and oxygen atoms in total. The van der Waals surface area contributed by atoms with Gasteiger partial charge in [-0.05, 0) is 0 Å². The zero-order chi connectivity index (χ0) is 14.0. The van der Waals surface area contributed by atoms with E-state index in [0.29, 0.717) is 0 Å². The number of carbonyl (C=O) groups is 2. The van der Waals surface area contributed by atoms with Crippen molar-refractivity contribution in [3.63, 3.8) is 0 Å². The second kappa shape index (κ2) is 10.7. The SMILES string of the molecule is CC(C)=[CH][Mo][O]C(=O)CCC(=O)[O][Mo][CH]=C(C)C. The van der Waals surface area contributed by atoms with Crippen LogP contribution in [0.3, 0.4) is 0 Å². The van der Waals surface area contributed by atoms with Crippen molar-refractivity contribution in [2.75, 3.05) is 0 Å². The Morgan fingerprint density at radius 2 is 1.17 bits per heavy atom. The number of carbonyl (C=O) groups excluding carboxylic acids is 2. The van der Waals surface area contributed by atoms with Crippen molar-refractivity contribution in [3.05, 3.63) is 20.1 Å². The summed E-state index contributed by atoms with van der Waals surface area (Å²) in [6.07, 6.45) is 0.226. The van der Waals surface area contributed by atoms with Crippen LogP contribution in [-0.4, -0.2) is 11.9 Å². The normalized spacial score (nSPS) is 9.33. The van der Waals surface area contributed by atoms with Crippen LogP contribution in [0.15, 0.2) is 20.1 Å². The Bertz CT molecular complexity index is 306. The third-order valence-corrected chi connectivity index (χ3v) is 5.56. The van der Waals surface area contributed by atoms with E-state index >= 15 is 0 Å². The first-order valence-corrected chi connectivity index (χ1v) is 9.36. The van der Waals surface area contributed by atoms with Gasteiger partial charge in [-0.1, -0.05) is 0 Å². The van der Waals surface area contributed by atoms with Gasteiger partial charge in [0.1, 0.15) is 0 Å². The van der Waals surface area contributed by atoms with Gasteiger partial charge in [-0.3, -0.25) is 0 Å². The molecule has 0 spiro atoms. The number of hydrogen-bond donors (Lipinski definition) is 0. The number of allylic oxidation sites excluding steroid dienone is 2. The van der Waals surface area contributed by atoms with Crippen molar-refractivity contribution in [1.29, 1.82) is 0 Å². The quantitative estimate of drug-likeness (QED) is 0.597. The predicted octanol–water partition coefficient (Wildman–Crippen LogP) is 2.70. The Morgan fingerprint density at radius 3 is 1.44 bits per heavy atom. The molecule has 0 aliphatic rings. The molecule has 0 unspecified atom stereocenters. The molecule has 102 valence electrons. The van der Waals surface area contributed by atoms with Crippen LogP contribution in [0.2, 0.25) is 0 Å². The zero-order valence-corrected chi connectivity index (χ0v) is 15.0. The molecule has 0 radical (unpaired) electrons. The Morgan fingerprint density at radius 1 is 0.833 bits per heavy atom. The number of hydrogen-bond acceptors (Lipinski definition) is 4. The van der Waals surface area contributed by atoms with Crippen molar-refractivity contribution in [1.82, 2.24) is 0 Å². The Kier molecular flexibility index (Phi) is 10.6. The van der Waals surface area contributed by atoms with Gasteiger partial charge in [0.05, 0.1) is 0 Å². The van der Waals surface area contributed by atoms with E-state index in [1.807, 2.05) is 36.6 Å². The molecule has 0 N–H and O–H groups in total. The second-order valence-electron chi connectivity index (χ2n) is 3.99. The molecule has 0 aliphatic carbocycles.